The second kappa shape index (κ2) is 5.69. The first kappa shape index (κ1) is 12.7. The van der Waals surface area contributed by atoms with Gasteiger partial charge in [-0.2, -0.15) is 0 Å². The predicted octanol–water partition coefficient (Wildman–Crippen LogP) is 3.25. The fraction of sp³-hybridized carbons (Fsp3) is 0.538. The molecule has 1 fully saturated rings. The molecule has 2 atom stereocenters. The van der Waals surface area contributed by atoms with Gasteiger partial charge in [-0.25, -0.2) is 4.39 Å². The van der Waals surface area contributed by atoms with Crippen molar-refractivity contribution in [3.05, 3.63) is 29.0 Å². The van der Waals surface area contributed by atoms with E-state index in [1.165, 1.54) is 6.07 Å². The Morgan fingerprint density at radius 2 is 2.41 bits per heavy atom. The van der Waals surface area contributed by atoms with Crippen LogP contribution in [0.15, 0.2) is 18.2 Å². The van der Waals surface area contributed by atoms with E-state index in [1.807, 2.05) is 0 Å². The quantitative estimate of drug-likeness (QED) is 0.894. The zero-order valence-electron chi connectivity index (χ0n) is 9.88. The van der Waals surface area contributed by atoms with Gasteiger partial charge in [0.1, 0.15) is 6.10 Å². The maximum Gasteiger partial charge on any atom is 0.173 e. The van der Waals surface area contributed by atoms with Crippen LogP contribution in [0.5, 0.6) is 5.75 Å². The van der Waals surface area contributed by atoms with Crippen LogP contribution in [0.1, 0.15) is 19.8 Å². The first-order valence-corrected chi connectivity index (χ1v) is 6.41. The molecule has 1 saturated heterocycles. The van der Waals surface area contributed by atoms with Crippen LogP contribution in [-0.2, 0) is 0 Å². The van der Waals surface area contributed by atoms with Crippen molar-refractivity contribution in [3.63, 3.8) is 0 Å². The van der Waals surface area contributed by atoms with Gasteiger partial charge in [0.25, 0.3) is 0 Å². The van der Waals surface area contributed by atoms with E-state index in [2.05, 4.69) is 12.2 Å². The van der Waals surface area contributed by atoms with Gasteiger partial charge in [0.05, 0.1) is 5.02 Å². The standard InChI is InChI=1S/C13H17ClFNO/c1-2-12(9-6-7-16-8-9)17-13-10(14)4-3-5-11(13)15/h3-5,9,12,16H,2,6-8H2,1H3/t9-,12+/m0/s1. The molecule has 0 aliphatic carbocycles. The maximum absolute atomic E-state index is 13.6. The summed E-state index contributed by atoms with van der Waals surface area (Å²) in [5.41, 5.74) is 0. The lowest BCUT2D eigenvalue weighted by molar-refractivity contribution is 0.133. The number of nitrogens with one attached hydrogen (secondary N) is 1. The highest BCUT2D eigenvalue weighted by atomic mass is 35.5. The van der Waals surface area contributed by atoms with Gasteiger partial charge in [-0.15, -0.1) is 0 Å². The smallest absolute Gasteiger partial charge is 0.173 e. The molecule has 1 aliphatic rings. The molecule has 0 aromatic heterocycles. The summed E-state index contributed by atoms with van der Waals surface area (Å²) in [7, 11) is 0. The summed E-state index contributed by atoms with van der Waals surface area (Å²) in [5.74, 6) is 0.241. The number of rotatable bonds is 4. The highest BCUT2D eigenvalue weighted by Gasteiger charge is 2.26. The predicted molar refractivity (Wildman–Crippen MR) is 67.1 cm³/mol. The molecule has 17 heavy (non-hydrogen) atoms. The third kappa shape index (κ3) is 2.90. The summed E-state index contributed by atoms with van der Waals surface area (Å²) in [6, 6.07) is 4.61. The molecule has 0 amide bonds. The van der Waals surface area contributed by atoms with E-state index in [9.17, 15) is 4.39 Å². The minimum atomic E-state index is -0.387. The summed E-state index contributed by atoms with van der Waals surface area (Å²) >= 11 is 5.96. The molecule has 0 spiro atoms. The molecule has 1 heterocycles. The fourth-order valence-electron chi connectivity index (χ4n) is 2.25. The van der Waals surface area contributed by atoms with Crippen molar-refractivity contribution in [3.8, 4) is 5.75 Å². The zero-order chi connectivity index (χ0) is 12.3. The Labute approximate surface area is 106 Å². The number of hydrogen-bond donors (Lipinski definition) is 1. The third-order valence-electron chi connectivity index (χ3n) is 3.21. The molecule has 0 unspecified atom stereocenters. The Morgan fingerprint density at radius 3 is 3.00 bits per heavy atom. The minimum absolute atomic E-state index is 0.0272. The second-order valence-electron chi connectivity index (χ2n) is 4.37. The Morgan fingerprint density at radius 1 is 1.59 bits per heavy atom. The molecule has 94 valence electrons. The van der Waals surface area contributed by atoms with E-state index in [4.69, 9.17) is 16.3 Å². The van der Waals surface area contributed by atoms with E-state index < -0.39 is 0 Å². The molecule has 1 aliphatic heterocycles. The second-order valence-corrected chi connectivity index (χ2v) is 4.78. The van der Waals surface area contributed by atoms with Crippen molar-refractivity contribution < 1.29 is 9.13 Å². The number of benzene rings is 1. The van der Waals surface area contributed by atoms with Crippen LogP contribution in [0.3, 0.4) is 0 Å². The third-order valence-corrected chi connectivity index (χ3v) is 3.51. The number of halogens is 2. The van der Waals surface area contributed by atoms with Crippen LogP contribution in [0.2, 0.25) is 5.02 Å². The molecular formula is C13H17ClFNO. The monoisotopic (exact) mass is 257 g/mol. The Bertz CT molecular complexity index is 359. The Kier molecular flexibility index (Phi) is 4.24. The van der Waals surface area contributed by atoms with Crippen molar-refractivity contribution in [1.29, 1.82) is 0 Å². The summed E-state index contributed by atoms with van der Waals surface area (Å²) < 4.78 is 19.4. The van der Waals surface area contributed by atoms with E-state index >= 15 is 0 Å². The number of ether oxygens (including phenoxy) is 1. The van der Waals surface area contributed by atoms with Gasteiger partial charge in [0.2, 0.25) is 0 Å². The first-order chi connectivity index (χ1) is 8.22. The highest BCUT2D eigenvalue weighted by Crippen LogP contribution is 2.31. The largest absolute Gasteiger partial charge is 0.485 e. The van der Waals surface area contributed by atoms with Gasteiger partial charge in [-0.3, -0.25) is 0 Å². The Hall–Kier alpha value is -0.800. The summed E-state index contributed by atoms with van der Waals surface area (Å²) in [6.07, 6.45) is 1.96. The molecule has 1 aromatic rings. The molecule has 0 saturated carbocycles. The van der Waals surface area contributed by atoms with Crippen molar-refractivity contribution >= 4 is 11.6 Å². The zero-order valence-corrected chi connectivity index (χ0v) is 10.6. The fourth-order valence-corrected chi connectivity index (χ4v) is 2.46. The van der Waals surface area contributed by atoms with Crippen LogP contribution in [0.4, 0.5) is 4.39 Å². The highest BCUT2D eigenvalue weighted by molar-refractivity contribution is 6.32. The lowest BCUT2D eigenvalue weighted by Crippen LogP contribution is -2.28. The van der Waals surface area contributed by atoms with Gasteiger partial charge in [-0.05, 0) is 31.5 Å². The average molecular weight is 258 g/mol. The topological polar surface area (TPSA) is 21.3 Å². The van der Waals surface area contributed by atoms with Crippen molar-refractivity contribution in [2.45, 2.75) is 25.9 Å². The van der Waals surface area contributed by atoms with Crippen LogP contribution < -0.4 is 10.1 Å². The summed E-state index contributed by atoms with van der Waals surface area (Å²) in [4.78, 5) is 0. The van der Waals surface area contributed by atoms with E-state index in [-0.39, 0.29) is 17.7 Å². The van der Waals surface area contributed by atoms with Crippen LogP contribution in [0.25, 0.3) is 0 Å². The van der Waals surface area contributed by atoms with E-state index in [0.717, 1.165) is 25.9 Å². The average Bonchev–Trinajstić information content (AvgIpc) is 2.82. The van der Waals surface area contributed by atoms with Crippen molar-refractivity contribution in [2.24, 2.45) is 5.92 Å². The van der Waals surface area contributed by atoms with Crippen LogP contribution >= 0.6 is 11.6 Å². The van der Waals surface area contributed by atoms with Gasteiger partial charge >= 0.3 is 0 Å². The number of para-hydroxylation sites is 1. The molecule has 4 heteroatoms. The van der Waals surface area contributed by atoms with Gasteiger partial charge < -0.3 is 10.1 Å². The van der Waals surface area contributed by atoms with Gasteiger partial charge in [0.15, 0.2) is 11.6 Å². The molecule has 1 N–H and O–H groups in total. The first-order valence-electron chi connectivity index (χ1n) is 6.03. The SMILES string of the molecule is CC[C@@H](Oc1c(F)cccc1Cl)[C@H]1CCNC1. The normalized spacial score (nSPS) is 21.5. The van der Waals surface area contributed by atoms with Crippen molar-refractivity contribution in [1.82, 2.24) is 5.32 Å². The molecule has 1 aromatic carbocycles. The Balaban J connectivity index is 2.12. The molecule has 2 rings (SSSR count). The molecule has 0 bridgehead atoms. The van der Waals surface area contributed by atoms with E-state index in [0.29, 0.717) is 10.9 Å². The maximum atomic E-state index is 13.6. The number of hydrogen-bond acceptors (Lipinski definition) is 2. The van der Waals surface area contributed by atoms with E-state index in [1.54, 1.807) is 12.1 Å². The minimum Gasteiger partial charge on any atom is -0.485 e. The lowest BCUT2D eigenvalue weighted by atomic mass is 9.99. The van der Waals surface area contributed by atoms with Crippen molar-refractivity contribution in [2.75, 3.05) is 13.1 Å². The van der Waals surface area contributed by atoms with Gasteiger partial charge in [0, 0.05) is 12.5 Å². The molecule has 2 nitrogen and oxygen atoms in total. The van der Waals surface area contributed by atoms with Crippen LogP contribution in [-0.4, -0.2) is 19.2 Å². The lowest BCUT2D eigenvalue weighted by Gasteiger charge is -2.23. The molecule has 0 radical (unpaired) electrons. The molecular weight excluding hydrogens is 241 g/mol. The summed E-state index contributed by atoms with van der Waals surface area (Å²) in [6.45, 7) is 4.00. The van der Waals surface area contributed by atoms with Gasteiger partial charge in [-0.1, -0.05) is 24.6 Å². The van der Waals surface area contributed by atoms with Crippen LogP contribution in [0, 0.1) is 11.7 Å². The summed E-state index contributed by atoms with van der Waals surface area (Å²) in [5, 5.41) is 3.64.